The summed E-state index contributed by atoms with van der Waals surface area (Å²) in [5.41, 5.74) is 0.986. The molecule has 142 valence electrons. The molecule has 3 heterocycles. The Balaban J connectivity index is 1.61. The fourth-order valence-electron chi connectivity index (χ4n) is 4.82. The van der Waals surface area contributed by atoms with Crippen LogP contribution in [0.4, 0.5) is 0 Å². The number of nitrogens with zero attached hydrogens (tertiary/aromatic N) is 2. The van der Waals surface area contributed by atoms with Crippen LogP contribution in [0.2, 0.25) is 0 Å². The molecule has 3 fully saturated rings. The number of benzene rings is 1. The van der Waals surface area contributed by atoms with Crippen molar-refractivity contribution >= 4 is 15.9 Å². The fourth-order valence-corrected chi connectivity index (χ4v) is 5.73. The minimum absolute atomic E-state index is 0.0355. The third kappa shape index (κ3) is 3.06. The molecule has 3 unspecified atom stereocenters. The average Bonchev–Trinajstić information content (AvgIpc) is 3.29. The van der Waals surface area contributed by atoms with Crippen LogP contribution in [0.15, 0.2) is 30.3 Å². The van der Waals surface area contributed by atoms with Gasteiger partial charge in [0.2, 0.25) is 15.9 Å². The summed E-state index contributed by atoms with van der Waals surface area (Å²) in [4.78, 5) is 14.8. The number of carbonyl (C=O) groups excluding carboxylic acids is 1. The van der Waals surface area contributed by atoms with Gasteiger partial charge in [0.15, 0.2) is 0 Å². The van der Waals surface area contributed by atoms with Crippen molar-refractivity contribution in [3.8, 4) is 0 Å². The summed E-state index contributed by atoms with van der Waals surface area (Å²) in [6.07, 6.45) is 2.87. The van der Waals surface area contributed by atoms with Crippen LogP contribution in [0.1, 0.15) is 18.4 Å². The lowest BCUT2D eigenvalue weighted by Crippen LogP contribution is -2.52. The van der Waals surface area contributed by atoms with E-state index >= 15 is 0 Å². The highest BCUT2D eigenvalue weighted by Crippen LogP contribution is 2.46. The van der Waals surface area contributed by atoms with Gasteiger partial charge in [0.1, 0.15) is 0 Å². The monoisotopic (exact) mass is 378 g/mol. The van der Waals surface area contributed by atoms with E-state index in [9.17, 15) is 13.2 Å². The molecule has 0 bridgehead atoms. The molecule has 1 amide bonds. The number of carbonyl (C=O) groups is 1. The number of hydrogen-bond donors (Lipinski definition) is 0. The van der Waals surface area contributed by atoms with Gasteiger partial charge in [-0.3, -0.25) is 4.79 Å². The van der Waals surface area contributed by atoms with E-state index in [1.54, 1.807) is 4.31 Å². The maximum absolute atomic E-state index is 12.8. The molecule has 26 heavy (non-hydrogen) atoms. The standard InChI is InChI=1S/C19H26N2O4S/c1-26(23,24)21-12-17-11-20(18(22)15-7-10-25-13-15)9-8-19(17,14-21)16-5-3-2-4-6-16/h2-6,15,17H,7-14H2,1H3. The van der Waals surface area contributed by atoms with E-state index in [4.69, 9.17) is 4.74 Å². The zero-order chi connectivity index (χ0) is 18.4. The van der Waals surface area contributed by atoms with Gasteiger partial charge in [0.25, 0.3) is 0 Å². The Labute approximate surface area is 155 Å². The van der Waals surface area contributed by atoms with Gasteiger partial charge in [-0.2, -0.15) is 0 Å². The van der Waals surface area contributed by atoms with Crippen molar-refractivity contribution in [2.75, 3.05) is 45.6 Å². The summed E-state index contributed by atoms with van der Waals surface area (Å²) < 4.78 is 31.4. The first kappa shape index (κ1) is 17.9. The molecule has 3 aliphatic heterocycles. The van der Waals surface area contributed by atoms with Crippen LogP contribution < -0.4 is 0 Å². The Kier molecular flexibility index (Phi) is 4.57. The first-order chi connectivity index (χ1) is 12.4. The summed E-state index contributed by atoms with van der Waals surface area (Å²) in [6.45, 7) is 3.46. The third-order valence-electron chi connectivity index (χ3n) is 6.34. The number of ether oxygens (including phenoxy) is 1. The molecule has 0 spiro atoms. The van der Waals surface area contributed by atoms with E-state index in [1.165, 1.54) is 11.8 Å². The van der Waals surface area contributed by atoms with Gasteiger partial charge in [-0.25, -0.2) is 12.7 Å². The van der Waals surface area contributed by atoms with Gasteiger partial charge in [0, 0.05) is 44.1 Å². The topological polar surface area (TPSA) is 66.9 Å². The van der Waals surface area contributed by atoms with Crippen molar-refractivity contribution in [1.82, 2.24) is 9.21 Å². The lowest BCUT2D eigenvalue weighted by atomic mass is 9.68. The molecule has 0 radical (unpaired) electrons. The zero-order valence-electron chi connectivity index (χ0n) is 15.1. The zero-order valence-corrected chi connectivity index (χ0v) is 16.0. The van der Waals surface area contributed by atoms with Crippen molar-refractivity contribution in [2.45, 2.75) is 18.3 Å². The predicted molar refractivity (Wildman–Crippen MR) is 98.1 cm³/mol. The second-order valence-electron chi connectivity index (χ2n) is 7.87. The Morgan fingerprint density at radius 1 is 1.23 bits per heavy atom. The van der Waals surface area contributed by atoms with Crippen LogP contribution in [0.25, 0.3) is 0 Å². The van der Waals surface area contributed by atoms with Crippen molar-refractivity contribution < 1.29 is 17.9 Å². The number of amides is 1. The first-order valence-electron chi connectivity index (χ1n) is 9.27. The van der Waals surface area contributed by atoms with E-state index in [1.807, 2.05) is 23.1 Å². The Morgan fingerprint density at radius 2 is 2.00 bits per heavy atom. The summed E-state index contributed by atoms with van der Waals surface area (Å²) in [5, 5.41) is 0. The molecule has 3 aliphatic rings. The second-order valence-corrected chi connectivity index (χ2v) is 9.85. The molecule has 7 heteroatoms. The van der Waals surface area contributed by atoms with Gasteiger partial charge >= 0.3 is 0 Å². The predicted octanol–water partition coefficient (Wildman–Crippen LogP) is 1.08. The van der Waals surface area contributed by atoms with E-state index in [0.717, 1.165) is 12.8 Å². The van der Waals surface area contributed by atoms with E-state index in [0.29, 0.717) is 39.4 Å². The summed E-state index contributed by atoms with van der Waals surface area (Å²) in [7, 11) is -3.25. The molecule has 6 nitrogen and oxygen atoms in total. The highest BCUT2D eigenvalue weighted by atomic mass is 32.2. The van der Waals surface area contributed by atoms with E-state index < -0.39 is 10.0 Å². The number of hydrogen-bond acceptors (Lipinski definition) is 4. The molecule has 3 saturated heterocycles. The summed E-state index contributed by atoms with van der Waals surface area (Å²) in [5.74, 6) is 0.258. The number of likely N-dealkylation sites (tertiary alicyclic amines) is 1. The molecule has 1 aromatic carbocycles. The maximum atomic E-state index is 12.8. The van der Waals surface area contributed by atoms with E-state index in [2.05, 4.69) is 12.1 Å². The third-order valence-corrected chi connectivity index (χ3v) is 7.56. The number of fused-ring (bicyclic) bond motifs is 1. The molecule has 0 N–H and O–H groups in total. The van der Waals surface area contributed by atoms with Crippen molar-refractivity contribution in [3.05, 3.63) is 35.9 Å². The van der Waals surface area contributed by atoms with Crippen LogP contribution >= 0.6 is 0 Å². The van der Waals surface area contributed by atoms with Crippen molar-refractivity contribution in [1.29, 1.82) is 0 Å². The van der Waals surface area contributed by atoms with Crippen LogP contribution in [0.3, 0.4) is 0 Å². The number of sulfonamides is 1. The minimum atomic E-state index is -3.25. The minimum Gasteiger partial charge on any atom is -0.381 e. The molecule has 0 aliphatic carbocycles. The molecular formula is C19H26N2O4S. The Morgan fingerprint density at radius 3 is 2.65 bits per heavy atom. The maximum Gasteiger partial charge on any atom is 0.228 e. The molecule has 0 aromatic heterocycles. The van der Waals surface area contributed by atoms with E-state index in [-0.39, 0.29) is 23.2 Å². The molecule has 4 rings (SSSR count). The lowest BCUT2D eigenvalue weighted by Gasteiger charge is -2.44. The molecule has 0 saturated carbocycles. The van der Waals surface area contributed by atoms with Crippen LogP contribution in [0, 0.1) is 11.8 Å². The molecular weight excluding hydrogens is 352 g/mol. The lowest BCUT2D eigenvalue weighted by molar-refractivity contribution is -0.138. The van der Waals surface area contributed by atoms with Crippen molar-refractivity contribution in [2.24, 2.45) is 11.8 Å². The van der Waals surface area contributed by atoms with Gasteiger partial charge in [0.05, 0.1) is 18.8 Å². The highest BCUT2D eigenvalue weighted by Gasteiger charge is 2.53. The SMILES string of the molecule is CS(=O)(=O)N1CC2CN(C(=O)C3CCOC3)CCC2(c2ccccc2)C1. The quantitative estimate of drug-likeness (QED) is 0.790. The fraction of sp³-hybridized carbons (Fsp3) is 0.632. The van der Waals surface area contributed by atoms with Gasteiger partial charge in [-0.1, -0.05) is 30.3 Å². The van der Waals surface area contributed by atoms with Gasteiger partial charge in [-0.15, -0.1) is 0 Å². The van der Waals surface area contributed by atoms with Gasteiger partial charge in [-0.05, 0) is 18.4 Å². The smallest absolute Gasteiger partial charge is 0.228 e. The molecule has 1 aromatic rings. The van der Waals surface area contributed by atoms with Crippen LogP contribution in [-0.2, 0) is 25.0 Å². The first-order valence-corrected chi connectivity index (χ1v) is 11.1. The normalized spacial score (nSPS) is 32.6. The average molecular weight is 378 g/mol. The Bertz CT molecular complexity index is 776. The van der Waals surface area contributed by atoms with Crippen LogP contribution in [0.5, 0.6) is 0 Å². The molecule has 3 atom stereocenters. The van der Waals surface area contributed by atoms with Crippen LogP contribution in [-0.4, -0.2) is 69.2 Å². The van der Waals surface area contributed by atoms with Crippen molar-refractivity contribution in [3.63, 3.8) is 0 Å². The number of piperidine rings is 1. The largest absolute Gasteiger partial charge is 0.381 e. The Hall–Kier alpha value is -1.44. The summed E-state index contributed by atoms with van der Waals surface area (Å²) in [6, 6.07) is 10.2. The van der Waals surface area contributed by atoms with Gasteiger partial charge < -0.3 is 9.64 Å². The summed E-state index contributed by atoms with van der Waals surface area (Å²) >= 11 is 0. The second kappa shape index (κ2) is 6.62. The number of rotatable bonds is 3. The highest BCUT2D eigenvalue weighted by molar-refractivity contribution is 7.88.